The number of hydrogen-bond acceptors (Lipinski definition) is 4. The molecule has 2 amide bonds. The molecule has 5 nitrogen and oxygen atoms in total. The Morgan fingerprint density at radius 1 is 0.744 bits per heavy atom. The summed E-state index contributed by atoms with van der Waals surface area (Å²) in [4.78, 5) is 36.9. The average Bonchev–Trinajstić information content (AvgIpc) is 3.29. The van der Waals surface area contributed by atoms with Crippen molar-refractivity contribution in [1.29, 1.82) is 0 Å². The Hall–Kier alpha value is -4.32. The van der Waals surface area contributed by atoms with Crippen molar-refractivity contribution in [2.75, 3.05) is 11.5 Å². The molecule has 1 heterocycles. The van der Waals surface area contributed by atoms with E-state index in [1.165, 1.54) is 65.8 Å². The molecule has 39 heavy (non-hydrogen) atoms. The van der Waals surface area contributed by atoms with Gasteiger partial charge in [0.05, 0.1) is 12.3 Å². The van der Waals surface area contributed by atoms with Gasteiger partial charge in [0.15, 0.2) is 5.78 Å². The van der Waals surface area contributed by atoms with Crippen molar-refractivity contribution in [3.8, 4) is 5.75 Å². The molecule has 0 saturated carbocycles. The molecule has 0 unspecified atom stereocenters. The smallest absolute Gasteiger partial charge is 0.258 e. The van der Waals surface area contributed by atoms with Crippen LogP contribution in [0.25, 0.3) is 6.08 Å². The van der Waals surface area contributed by atoms with Crippen LogP contribution in [-0.2, 0) is 16.0 Å². The van der Waals surface area contributed by atoms with Gasteiger partial charge in [-0.25, -0.2) is 9.29 Å². The molecule has 0 atom stereocenters. The number of ether oxygens (including phenoxy) is 1. The molecule has 3 aromatic carbocycles. The van der Waals surface area contributed by atoms with Crippen LogP contribution in [0.1, 0.15) is 60.0 Å². The number of halogens is 1. The number of hydrogen-bond donors (Lipinski definition) is 0. The summed E-state index contributed by atoms with van der Waals surface area (Å²) in [5.74, 6) is -0.314. The molecule has 3 aromatic rings. The first-order valence-corrected chi connectivity index (χ1v) is 13.4. The van der Waals surface area contributed by atoms with Crippen molar-refractivity contribution in [3.05, 3.63) is 114 Å². The highest BCUT2D eigenvalue weighted by Gasteiger charge is 2.24. The lowest BCUT2D eigenvalue weighted by atomic mass is 10.0. The topological polar surface area (TPSA) is 63.7 Å². The summed E-state index contributed by atoms with van der Waals surface area (Å²) >= 11 is 0. The van der Waals surface area contributed by atoms with Crippen LogP contribution >= 0.6 is 0 Å². The van der Waals surface area contributed by atoms with Gasteiger partial charge in [0.1, 0.15) is 11.6 Å². The van der Waals surface area contributed by atoms with Gasteiger partial charge in [-0.05, 0) is 85.0 Å². The lowest BCUT2D eigenvalue weighted by Gasteiger charge is -2.14. The zero-order valence-electron chi connectivity index (χ0n) is 21.9. The lowest BCUT2D eigenvalue weighted by molar-refractivity contribution is -0.119. The van der Waals surface area contributed by atoms with E-state index in [4.69, 9.17) is 4.74 Å². The number of anilines is 1. The molecule has 200 valence electrons. The van der Waals surface area contributed by atoms with E-state index in [1.807, 2.05) is 48.5 Å². The zero-order chi connectivity index (χ0) is 27.5. The first-order valence-electron chi connectivity index (χ1n) is 13.4. The van der Waals surface area contributed by atoms with E-state index >= 15 is 0 Å². The maximum Gasteiger partial charge on any atom is 0.258 e. The summed E-state index contributed by atoms with van der Waals surface area (Å²) in [6, 6.07) is 20.7. The quantitative estimate of drug-likeness (QED) is 0.0974. The summed E-state index contributed by atoms with van der Waals surface area (Å²) in [7, 11) is 0. The third-order valence-corrected chi connectivity index (χ3v) is 6.57. The second-order valence-electron chi connectivity index (χ2n) is 9.50. The van der Waals surface area contributed by atoms with Crippen LogP contribution in [0.5, 0.6) is 5.75 Å². The summed E-state index contributed by atoms with van der Waals surface area (Å²) in [6.45, 7) is 0.669. The number of unbranched alkanes of at least 4 members (excludes halogenated alkanes) is 5. The Labute approximate surface area is 228 Å². The van der Waals surface area contributed by atoms with E-state index in [9.17, 15) is 18.8 Å². The number of rotatable bonds is 14. The van der Waals surface area contributed by atoms with Crippen LogP contribution in [0.2, 0.25) is 0 Å². The minimum absolute atomic E-state index is 0.169. The van der Waals surface area contributed by atoms with Crippen molar-refractivity contribution in [2.24, 2.45) is 0 Å². The maximum atomic E-state index is 13.0. The predicted octanol–water partition coefficient (Wildman–Crippen LogP) is 7.11. The Morgan fingerprint density at radius 2 is 1.36 bits per heavy atom. The normalized spacial score (nSPS) is 13.0. The molecule has 0 spiro atoms. The number of nitrogens with zero attached hydrogens (tertiary/aromatic N) is 1. The number of ketones is 1. The summed E-state index contributed by atoms with van der Waals surface area (Å²) in [5, 5.41) is 0. The number of amides is 2. The van der Waals surface area contributed by atoms with Gasteiger partial charge in [-0.1, -0.05) is 56.0 Å². The zero-order valence-corrected chi connectivity index (χ0v) is 21.9. The minimum Gasteiger partial charge on any atom is -0.494 e. The van der Waals surface area contributed by atoms with Gasteiger partial charge in [0.25, 0.3) is 11.8 Å². The van der Waals surface area contributed by atoms with Crippen LogP contribution in [0.4, 0.5) is 10.1 Å². The second kappa shape index (κ2) is 14.0. The summed E-state index contributed by atoms with van der Waals surface area (Å²) in [6.07, 6.45) is 13.5. The molecule has 6 heteroatoms. The highest BCUT2D eigenvalue weighted by atomic mass is 19.1. The number of carbonyl (C=O) groups is 3. The van der Waals surface area contributed by atoms with E-state index in [1.54, 1.807) is 6.08 Å². The lowest BCUT2D eigenvalue weighted by Crippen LogP contribution is -2.29. The fraction of sp³-hybridized carbons (Fsp3) is 0.242. The number of benzene rings is 3. The molecule has 0 aromatic heterocycles. The third-order valence-electron chi connectivity index (χ3n) is 6.57. The Morgan fingerprint density at radius 3 is 2.03 bits per heavy atom. The fourth-order valence-corrected chi connectivity index (χ4v) is 4.35. The monoisotopic (exact) mass is 525 g/mol. The molecular formula is C33H32FNO4. The molecule has 1 aliphatic heterocycles. The minimum atomic E-state index is -0.363. The fourth-order valence-electron chi connectivity index (χ4n) is 4.35. The summed E-state index contributed by atoms with van der Waals surface area (Å²) in [5.41, 5.74) is 3.17. The molecule has 0 radical (unpaired) electrons. The van der Waals surface area contributed by atoms with Crippen LogP contribution in [0, 0.1) is 5.82 Å². The Balaban J connectivity index is 1.05. The number of imide groups is 1. The van der Waals surface area contributed by atoms with Crippen molar-refractivity contribution < 1.29 is 23.5 Å². The molecule has 0 aliphatic carbocycles. The van der Waals surface area contributed by atoms with Gasteiger partial charge in [-0.2, -0.15) is 0 Å². The predicted molar refractivity (Wildman–Crippen MR) is 151 cm³/mol. The molecule has 0 saturated heterocycles. The molecule has 0 fully saturated rings. The van der Waals surface area contributed by atoms with Crippen molar-refractivity contribution in [1.82, 2.24) is 0 Å². The Bertz CT molecular complexity index is 1310. The van der Waals surface area contributed by atoms with Gasteiger partial charge in [0.2, 0.25) is 0 Å². The van der Waals surface area contributed by atoms with Gasteiger partial charge in [-0.15, -0.1) is 0 Å². The molecule has 4 rings (SSSR count). The SMILES string of the molecule is O=C(/C=C/c1ccc(OCCCCCCCCc2ccc(N3C(=O)C=CC3=O)cc2)cc1)c1ccc(F)cc1. The molecule has 1 aliphatic rings. The summed E-state index contributed by atoms with van der Waals surface area (Å²) < 4.78 is 18.8. The number of allylic oxidation sites excluding steroid dienone is 1. The Kier molecular flexibility index (Phi) is 9.95. The molecule has 0 N–H and O–H groups in total. The first kappa shape index (κ1) is 27.7. The molecular weight excluding hydrogens is 493 g/mol. The number of aryl methyl sites for hydroxylation is 1. The second-order valence-corrected chi connectivity index (χ2v) is 9.50. The molecule has 0 bridgehead atoms. The number of carbonyl (C=O) groups excluding carboxylic acids is 3. The van der Waals surface area contributed by atoms with Gasteiger partial charge in [0, 0.05) is 17.7 Å². The van der Waals surface area contributed by atoms with Crippen molar-refractivity contribution in [3.63, 3.8) is 0 Å². The third kappa shape index (κ3) is 8.34. The van der Waals surface area contributed by atoms with E-state index < -0.39 is 0 Å². The van der Waals surface area contributed by atoms with Crippen molar-refractivity contribution >= 4 is 29.4 Å². The highest BCUT2D eigenvalue weighted by molar-refractivity contribution is 6.28. The standard InChI is InChI=1S/C33H32FNO4/c34-28-15-13-27(14-16-28)31(36)21-12-26-10-19-30(20-11-26)39-24-6-4-2-1-3-5-7-25-8-17-29(18-9-25)35-32(37)22-23-33(35)38/h8-23H,1-7,24H2/b21-12+. The van der Waals surface area contributed by atoms with Crippen LogP contribution in [-0.4, -0.2) is 24.2 Å². The van der Waals surface area contributed by atoms with Crippen LogP contribution in [0.15, 0.2) is 91.0 Å². The highest BCUT2D eigenvalue weighted by Crippen LogP contribution is 2.21. The first-order chi connectivity index (χ1) is 19.0. The van der Waals surface area contributed by atoms with Crippen LogP contribution in [0.3, 0.4) is 0 Å². The van der Waals surface area contributed by atoms with Crippen molar-refractivity contribution in [2.45, 2.75) is 44.9 Å². The van der Waals surface area contributed by atoms with Gasteiger partial charge < -0.3 is 4.74 Å². The van der Waals surface area contributed by atoms with E-state index in [-0.39, 0.29) is 23.4 Å². The van der Waals surface area contributed by atoms with E-state index in [0.29, 0.717) is 17.9 Å². The van der Waals surface area contributed by atoms with E-state index in [2.05, 4.69) is 0 Å². The maximum absolute atomic E-state index is 13.0. The van der Waals surface area contributed by atoms with E-state index in [0.717, 1.165) is 43.4 Å². The van der Waals surface area contributed by atoms with Crippen LogP contribution < -0.4 is 9.64 Å². The van der Waals surface area contributed by atoms with Gasteiger partial charge in [-0.3, -0.25) is 14.4 Å². The average molecular weight is 526 g/mol. The largest absolute Gasteiger partial charge is 0.494 e. The van der Waals surface area contributed by atoms with Gasteiger partial charge >= 0.3 is 0 Å².